The van der Waals surface area contributed by atoms with E-state index in [0.717, 1.165) is 0 Å². The first-order valence-corrected chi connectivity index (χ1v) is 3.62. The maximum atomic E-state index is 10.9. The number of thiol groups is 1. The Balaban J connectivity index is 3.62. The van der Waals surface area contributed by atoms with Crippen LogP contribution in [0.15, 0.2) is 0 Å². The minimum atomic E-state index is -0.342. The number of nitrogens with one attached hydrogen (secondary N) is 1. The molecule has 0 aliphatic carbocycles. The van der Waals surface area contributed by atoms with Gasteiger partial charge in [0.15, 0.2) is 0 Å². The van der Waals surface area contributed by atoms with Crippen molar-refractivity contribution in [3.8, 4) is 0 Å². The van der Waals surface area contributed by atoms with Crippen molar-refractivity contribution in [2.75, 3.05) is 0 Å². The highest BCUT2D eigenvalue weighted by atomic mass is 32.1. The van der Waals surface area contributed by atoms with Crippen molar-refractivity contribution in [3.05, 3.63) is 0 Å². The molecule has 0 spiro atoms. The van der Waals surface area contributed by atoms with Crippen molar-refractivity contribution in [2.24, 2.45) is 0 Å². The topological polar surface area (TPSA) is 38.3 Å². The Kier molecular flexibility index (Phi) is 4.47. The van der Waals surface area contributed by atoms with E-state index in [1.54, 1.807) is 6.92 Å². The summed E-state index contributed by atoms with van der Waals surface area (Å²) in [5.41, 5.74) is 0. The van der Waals surface area contributed by atoms with Crippen LogP contribution < -0.4 is 4.72 Å². The van der Waals surface area contributed by atoms with Gasteiger partial charge in [-0.2, -0.15) is 0 Å². The summed E-state index contributed by atoms with van der Waals surface area (Å²) in [6.07, 6.45) is -0.0587. The predicted molar refractivity (Wildman–Crippen MR) is 42.8 cm³/mol. The average molecular weight is 163 g/mol. The molecule has 0 aromatic carbocycles. The van der Waals surface area contributed by atoms with Crippen LogP contribution in [0.2, 0.25) is 0 Å². The van der Waals surface area contributed by atoms with Crippen molar-refractivity contribution in [2.45, 2.75) is 32.9 Å². The van der Waals surface area contributed by atoms with Crippen molar-refractivity contribution < 1.29 is 9.53 Å². The Labute approximate surface area is 66.7 Å². The highest BCUT2D eigenvalue weighted by Crippen LogP contribution is 1.93. The van der Waals surface area contributed by atoms with E-state index >= 15 is 0 Å². The third kappa shape index (κ3) is 3.74. The Morgan fingerprint density at radius 2 is 2.00 bits per heavy atom. The fourth-order valence-electron chi connectivity index (χ4n) is 0.387. The standard InChI is InChI=1S/C6H13NO2S/c1-4(2)9-6(8)5(3)7-10/h4-5,7,10H,1-3H3/t5-/m0/s1. The monoisotopic (exact) mass is 163 g/mol. The number of rotatable bonds is 3. The molecule has 1 N–H and O–H groups in total. The summed E-state index contributed by atoms with van der Waals surface area (Å²) in [5, 5.41) is 0. The van der Waals surface area contributed by atoms with E-state index in [0.29, 0.717) is 0 Å². The first kappa shape index (κ1) is 9.78. The molecule has 0 amide bonds. The van der Waals surface area contributed by atoms with E-state index in [9.17, 15) is 4.79 Å². The fourth-order valence-corrected chi connectivity index (χ4v) is 0.492. The van der Waals surface area contributed by atoms with Gasteiger partial charge in [-0.3, -0.25) is 9.52 Å². The van der Waals surface area contributed by atoms with Gasteiger partial charge < -0.3 is 4.74 Å². The van der Waals surface area contributed by atoms with E-state index in [4.69, 9.17) is 4.74 Å². The summed E-state index contributed by atoms with van der Waals surface area (Å²) in [6, 6.07) is -0.342. The Hall–Kier alpha value is -0.220. The second kappa shape index (κ2) is 4.57. The molecule has 1 atom stereocenters. The molecular weight excluding hydrogens is 150 g/mol. The van der Waals surface area contributed by atoms with Gasteiger partial charge in [-0.25, -0.2) is 0 Å². The third-order valence-electron chi connectivity index (χ3n) is 0.899. The zero-order valence-corrected chi connectivity index (χ0v) is 7.31. The number of hydrogen-bond donors (Lipinski definition) is 2. The molecule has 0 heterocycles. The molecule has 0 fully saturated rings. The van der Waals surface area contributed by atoms with Gasteiger partial charge in [0.1, 0.15) is 6.04 Å². The lowest BCUT2D eigenvalue weighted by atomic mass is 10.4. The maximum absolute atomic E-state index is 10.9. The van der Waals surface area contributed by atoms with Crippen molar-refractivity contribution >= 4 is 18.8 Å². The Morgan fingerprint density at radius 1 is 1.50 bits per heavy atom. The van der Waals surface area contributed by atoms with Gasteiger partial charge in [-0.05, 0) is 20.8 Å². The van der Waals surface area contributed by atoms with Gasteiger partial charge in [-0.1, -0.05) is 12.8 Å². The second-order valence-electron chi connectivity index (χ2n) is 2.34. The molecule has 0 saturated carbocycles. The smallest absolute Gasteiger partial charge is 0.323 e. The molecule has 0 aliphatic heterocycles. The van der Waals surface area contributed by atoms with Gasteiger partial charge in [0.2, 0.25) is 0 Å². The minimum Gasteiger partial charge on any atom is -0.462 e. The molecular formula is C6H13NO2S. The quantitative estimate of drug-likeness (QED) is 0.476. The van der Waals surface area contributed by atoms with Crippen LogP contribution in [0.3, 0.4) is 0 Å². The van der Waals surface area contributed by atoms with Crippen LogP contribution in [-0.2, 0) is 9.53 Å². The van der Waals surface area contributed by atoms with Gasteiger partial charge in [0.05, 0.1) is 6.10 Å². The lowest BCUT2D eigenvalue weighted by Crippen LogP contribution is -2.31. The van der Waals surface area contributed by atoms with Crippen molar-refractivity contribution in [1.82, 2.24) is 4.72 Å². The zero-order chi connectivity index (χ0) is 8.15. The lowest BCUT2D eigenvalue weighted by Gasteiger charge is -2.11. The summed E-state index contributed by atoms with van der Waals surface area (Å²) in [6.45, 7) is 5.31. The van der Waals surface area contributed by atoms with Gasteiger partial charge in [0, 0.05) is 0 Å². The van der Waals surface area contributed by atoms with Crippen LogP contribution in [0.4, 0.5) is 0 Å². The van der Waals surface area contributed by atoms with E-state index in [2.05, 4.69) is 17.5 Å². The first-order valence-electron chi connectivity index (χ1n) is 3.18. The molecule has 10 heavy (non-hydrogen) atoms. The molecule has 0 bridgehead atoms. The van der Waals surface area contributed by atoms with Crippen LogP contribution >= 0.6 is 12.8 Å². The van der Waals surface area contributed by atoms with Crippen molar-refractivity contribution in [1.29, 1.82) is 0 Å². The number of carbonyl (C=O) groups is 1. The fraction of sp³-hybridized carbons (Fsp3) is 0.833. The third-order valence-corrected chi connectivity index (χ3v) is 1.29. The van der Waals surface area contributed by atoms with Gasteiger partial charge >= 0.3 is 5.97 Å². The lowest BCUT2D eigenvalue weighted by molar-refractivity contribution is -0.148. The molecule has 0 aliphatic rings. The highest BCUT2D eigenvalue weighted by molar-refractivity contribution is 7.78. The largest absolute Gasteiger partial charge is 0.462 e. The molecule has 60 valence electrons. The Bertz CT molecular complexity index is 116. The summed E-state index contributed by atoms with van der Waals surface area (Å²) in [5.74, 6) is -0.273. The van der Waals surface area contributed by atoms with E-state index in [1.165, 1.54) is 0 Å². The van der Waals surface area contributed by atoms with Gasteiger partial charge in [0.25, 0.3) is 0 Å². The SMILES string of the molecule is CC(C)OC(=O)[C@H](C)NS. The number of ether oxygens (including phenoxy) is 1. The molecule has 0 aromatic rings. The highest BCUT2D eigenvalue weighted by Gasteiger charge is 2.12. The zero-order valence-electron chi connectivity index (χ0n) is 6.42. The molecule has 0 radical (unpaired) electrons. The maximum Gasteiger partial charge on any atom is 0.323 e. The van der Waals surface area contributed by atoms with Gasteiger partial charge in [-0.15, -0.1) is 0 Å². The number of carbonyl (C=O) groups excluding carboxylic acids is 1. The molecule has 3 nitrogen and oxygen atoms in total. The van der Waals surface area contributed by atoms with Crippen LogP contribution in [-0.4, -0.2) is 18.1 Å². The summed E-state index contributed by atoms with van der Waals surface area (Å²) in [4.78, 5) is 10.9. The molecule has 4 heteroatoms. The molecule has 0 rings (SSSR count). The van der Waals surface area contributed by atoms with E-state index < -0.39 is 0 Å². The Morgan fingerprint density at radius 3 is 2.30 bits per heavy atom. The first-order chi connectivity index (χ1) is 4.57. The van der Waals surface area contributed by atoms with Crippen LogP contribution in [0, 0.1) is 0 Å². The normalized spacial score (nSPS) is 13.3. The second-order valence-corrected chi connectivity index (χ2v) is 2.59. The summed E-state index contributed by atoms with van der Waals surface area (Å²) < 4.78 is 7.34. The minimum absolute atomic E-state index is 0.0587. The van der Waals surface area contributed by atoms with Crippen LogP contribution in [0.1, 0.15) is 20.8 Å². The van der Waals surface area contributed by atoms with Crippen LogP contribution in [0.25, 0.3) is 0 Å². The molecule has 0 aromatic heterocycles. The van der Waals surface area contributed by atoms with Crippen LogP contribution in [0.5, 0.6) is 0 Å². The molecule has 0 unspecified atom stereocenters. The molecule has 0 saturated heterocycles. The number of esters is 1. The van der Waals surface area contributed by atoms with E-state index in [-0.39, 0.29) is 18.1 Å². The summed E-state index contributed by atoms with van der Waals surface area (Å²) >= 11 is 3.73. The van der Waals surface area contributed by atoms with Crippen molar-refractivity contribution in [3.63, 3.8) is 0 Å². The number of hydrogen-bond acceptors (Lipinski definition) is 4. The van der Waals surface area contributed by atoms with E-state index in [1.807, 2.05) is 13.8 Å². The average Bonchev–Trinajstić information content (AvgIpc) is 1.85. The summed E-state index contributed by atoms with van der Waals surface area (Å²) in [7, 11) is 0. The predicted octanol–water partition coefficient (Wildman–Crippen LogP) is 0.761.